The van der Waals surface area contributed by atoms with E-state index in [9.17, 15) is 13.2 Å². The number of aryl methyl sites for hydroxylation is 1. The van der Waals surface area contributed by atoms with E-state index in [4.69, 9.17) is 9.47 Å². The Labute approximate surface area is 156 Å². The summed E-state index contributed by atoms with van der Waals surface area (Å²) in [6, 6.07) is 16.6. The van der Waals surface area contributed by atoms with Crippen molar-refractivity contribution in [3.05, 3.63) is 71.8 Å². The molecule has 0 saturated heterocycles. The van der Waals surface area contributed by atoms with E-state index in [-0.39, 0.29) is 5.56 Å². The van der Waals surface area contributed by atoms with Crippen LogP contribution in [0.1, 0.15) is 11.1 Å². The second kappa shape index (κ2) is 7.35. The summed E-state index contributed by atoms with van der Waals surface area (Å²) in [5, 5.41) is 0. The molecule has 0 aromatic heterocycles. The third-order valence-electron chi connectivity index (χ3n) is 4.47. The van der Waals surface area contributed by atoms with Crippen molar-refractivity contribution in [2.24, 2.45) is 0 Å². The number of hydrogen-bond acceptors (Lipinski definition) is 2. The van der Waals surface area contributed by atoms with Crippen molar-refractivity contribution in [2.45, 2.75) is 13.1 Å². The van der Waals surface area contributed by atoms with Gasteiger partial charge in [-0.2, -0.15) is 13.2 Å². The predicted molar refractivity (Wildman–Crippen MR) is 100 cm³/mol. The Hall–Kier alpha value is -2.95. The zero-order chi connectivity index (χ0) is 19.6. The van der Waals surface area contributed by atoms with Gasteiger partial charge in [0.2, 0.25) is 0 Å². The normalized spacial score (nSPS) is 11.3. The molecule has 2 nitrogen and oxygen atoms in total. The van der Waals surface area contributed by atoms with Crippen LogP contribution in [0.4, 0.5) is 13.2 Å². The molecule has 0 fully saturated rings. The van der Waals surface area contributed by atoms with E-state index in [1.807, 2.05) is 37.3 Å². The van der Waals surface area contributed by atoms with Gasteiger partial charge in [-0.05, 0) is 53.4 Å². The second-order valence-electron chi connectivity index (χ2n) is 6.14. The maximum atomic E-state index is 13.5. The van der Waals surface area contributed by atoms with Crippen LogP contribution in [0.3, 0.4) is 0 Å². The Morgan fingerprint density at radius 2 is 1.48 bits per heavy atom. The molecule has 3 aromatic rings. The summed E-state index contributed by atoms with van der Waals surface area (Å²) < 4.78 is 50.9. The number of benzene rings is 3. The van der Waals surface area contributed by atoms with Crippen molar-refractivity contribution in [3.63, 3.8) is 0 Å². The Morgan fingerprint density at radius 1 is 0.741 bits per heavy atom. The molecule has 3 aromatic carbocycles. The highest BCUT2D eigenvalue weighted by Crippen LogP contribution is 2.40. The van der Waals surface area contributed by atoms with Gasteiger partial charge in [-0.25, -0.2) is 0 Å². The standard InChI is InChI=1S/C22H19F3O2/c1-14-12-15(8-10-17(14)18-6-4-5-7-21(18)27-3)19-13-16(26-2)9-11-20(19)22(23,24)25/h4-13H,1-3H3. The molecule has 0 unspecified atom stereocenters. The maximum absolute atomic E-state index is 13.5. The Balaban J connectivity index is 2.14. The molecule has 0 bridgehead atoms. The summed E-state index contributed by atoms with van der Waals surface area (Å²) in [7, 11) is 3.02. The van der Waals surface area contributed by atoms with Crippen LogP contribution in [0.5, 0.6) is 11.5 Å². The maximum Gasteiger partial charge on any atom is 0.417 e. The molecular formula is C22H19F3O2. The monoisotopic (exact) mass is 372 g/mol. The number of para-hydroxylation sites is 1. The fraction of sp³-hybridized carbons (Fsp3) is 0.182. The highest BCUT2D eigenvalue weighted by atomic mass is 19.4. The van der Waals surface area contributed by atoms with Gasteiger partial charge in [0.05, 0.1) is 19.8 Å². The van der Waals surface area contributed by atoms with Gasteiger partial charge in [-0.15, -0.1) is 0 Å². The first-order valence-corrected chi connectivity index (χ1v) is 8.35. The van der Waals surface area contributed by atoms with E-state index >= 15 is 0 Å². The van der Waals surface area contributed by atoms with Gasteiger partial charge in [-0.3, -0.25) is 0 Å². The third-order valence-corrected chi connectivity index (χ3v) is 4.47. The number of ether oxygens (including phenoxy) is 2. The quantitative estimate of drug-likeness (QED) is 0.530. The van der Waals surface area contributed by atoms with Crippen molar-refractivity contribution >= 4 is 0 Å². The lowest BCUT2D eigenvalue weighted by Gasteiger charge is -2.16. The number of hydrogen-bond donors (Lipinski definition) is 0. The average Bonchev–Trinajstić information content (AvgIpc) is 2.66. The van der Waals surface area contributed by atoms with E-state index in [0.29, 0.717) is 17.1 Å². The summed E-state index contributed by atoms with van der Waals surface area (Å²) in [6.07, 6.45) is -4.45. The summed E-state index contributed by atoms with van der Waals surface area (Å²) in [5.74, 6) is 1.09. The molecule has 0 saturated carbocycles. The fourth-order valence-corrected chi connectivity index (χ4v) is 3.14. The third kappa shape index (κ3) is 3.77. The number of alkyl halides is 3. The van der Waals surface area contributed by atoms with Crippen molar-refractivity contribution in [1.29, 1.82) is 0 Å². The Bertz CT molecular complexity index is 962. The van der Waals surface area contributed by atoms with Gasteiger partial charge >= 0.3 is 6.18 Å². The van der Waals surface area contributed by atoms with E-state index in [2.05, 4.69) is 0 Å². The van der Waals surface area contributed by atoms with Crippen LogP contribution >= 0.6 is 0 Å². The van der Waals surface area contributed by atoms with E-state index in [1.165, 1.54) is 19.2 Å². The first kappa shape index (κ1) is 18.8. The van der Waals surface area contributed by atoms with Gasteiger partial charge in [0.1, 0.15) is 11.5 Å². The minimum atomic E-state index is -4.45. The number of methoxy groups -OCH3 is 2. The van der Waals surface area contributed by atoms with Gasteiger partial charge in [0.25, 0.3) is 0 Å². The minimum Gasteiger partial charge on any atom is -0.497 e. The Kier molecular flexibility index (Phi) is 5.13. The van der Waals surface area contributed by atoms with E-state index < -0.39 is 11.7 Å². The van der Waals surface area contributed by atoms with Crippen molar-refractivity contribution < 1.29 is 22.6 Å². The first-order valence-electron chi connectivity index (χ1n) is 8.35. The lowest BCUT2D eigenvalue weighted by Crippen LogP contribution is -2.07. The molecule has 140 valence electrons. The minimum absolute atomic E-state index is 0.0940. The van der Waals surface area contributed by atoms with Crippen LogP contribution in [-0.2, 0) is 6.18 Å². The van der Waals surface area contributed by atoms with Gasteiger partial charge in [0, 0.05) is 5.56 Å². The van der Waals surface area contributed by atoms with Crippen molar-refractivity contribution in [2.75, 3.05) is 14.2 Å². The average molecular weight is 372 g/mol. The molecule has 0 radical (unpaired) electrons. The summed E-state index contributed by atoms with van der Waals surface area (Å²) in [6.45, 7) is 1.87. The van der Waals surface area contributed by atoms with Crippen LogP contribution in [-0.4, -0.2) is 14.2 Å². The predicted octanol–water partition coefficient (Wildman–Crippen LogP) is 6.37. The van der Waals surface area contributed by atoms with Gasteiger partial charge < -0.3 is 9.47 Å². The fourth-order valence-electron chi connectivity index (χ4n) is 3.14. The van der Waals surface area contributed by atoms with Crippen LogP contribution in [0.2, 0.25) is 0 Å². The highest BCUT2D eigenvalue weighted by molar-refractivity contribution is 5.78. The summed E-state index contributed by atoms with van der Waals surface area (Å²) in [5.41, 5.74) is 2.55. The lowest BCUT2D eigenvalue weighted by molar-refractivity contribution is -0.137. The zero-order valence-corrected chi connectivity index (χ0v) is 15.2. The van der Waals surface area contributed by atoms with Crippen molar-refractivity contribution in [1.82, 2.24) is 0 Å². The van der Waals surface area contributed by atoms with Gasteiger partial charge in [0.15, 0.2) is 0 Å². The topological polar surface area (TPSA) is 18.5 Å². The largest absolute Gasteiger partial charge is 0.497 e. The summed E-state index contributed by atoms with van der Waals surface area (Å²) in [4.78, 5) is 0. The molecule has 0 aliphatic carbocycles. The van der Waals surface area contributed by atoms with Crippen LogP contribution in [0, 0.1) is 6.92 Å². The number of halogens is 3. The zero-order valence-electron chi connectivity index (χ0n) is 15.2. The SMILES string of the molecule is COc1ccc(C(F)(F)F)c(-c2ccc(-c3ccccc3OC)c(C)c2)c1. The first-order chi connectivity index (χ1) is 12.8. The number of rotatable bonds is 4. The molecule has 0 spiro atoms. The second-order valence-corrected chi connectivity index (χ2v) is 6.14. The molecule has 0 N–H and O–H groups in total. The molecular weight excluding hydrogens is 353 g/mol. The summed E-state index contributed by atoms with van der Waals surface area (Å²) >= 11 is 0. The van der Waals surface area contributed by atoms with Gasteiger partial charge in [-0.1, -0.05) is 36.4 Å². The highest BCUT2D eigenvalue weighted by Gasteiger charge is 2.34. The van der Waals surface area contributed by atoms with E-state index in [1.54, 1.807) is 19.2 Å². The Morgan fingerprint density at radius 3 is 2.11 bits per heavy atom. The van der Waals surface area contributed by atoms with Crippen LogP contribution in [0.25, 0.3) is 22.3 Å². The molecule has 5 heteroatoms. The van der Waals surface area contributed by atoms with Crippen molar-refractivity contribution in [3.8, 4) is 33.8 Å². The van der Waals surface area contributed by atoms with E-state index in [0.717, 1.165) is 22.8 Å². The molecule has 0 heterocycles. The molecule has 0 aliphatic heterocycles. The molecule has 0 amide bonds. The molecule has 3 rings (SSSR count). The molecule has 0 aliphatic rings. The molecule has 27 heavy (non-hydrogen) atoms. The molecule has 0 atom stereocenters. The van der Waals surface area contributed by atoms with Crippen LogP contribution < -0.4 is 9.47 Å². The lowest BCUT2D eigenvalue weighted by atomic mass is 9.93. The van der Waals surface area contributed by atoms with Crippen LogP contribution in [0.15, 0.2) is 60.7 Å². The smallest absolute Gasteiger partial charge is 0.417 e.